The van der Waals surface area contributed by atoms with Gasteiger partial charge in [0.25, 0.3) is 0 Å². The van der Waals surface area contributed by atoms with Gasteiger partial charge in [-0.1, -0.05) is 0 Å². The number of hydrogen-bond donors (Lipinski definition) is 1. The molecule has 0 fully saturated rings. The fourth-order valence-corrected chi connectivity index (χ4v) is 1.62. The third kappa shape index (κ3) is 2.51. The summed E-state index contributed by atoms with van der Waals surface area (Å²) in [6, 6.07) is 5.51. The Bertz CT molecular complexity index is 455. The van der Waals surface area contributed by atoms with Crippen LogP contribution < -0.4 is 5.32 Å². The molecule has 0 aliphatic carbocycles. The zero-order valence-corrected chi connectivity index (χ0v) is 8.66. The van der Waals surface area contributed by atoms with Gasteiger partial charge < -0.3 is 5.32 Å². The van der Waals surface area contributed by atoms with Crippen molar-refractivity contribution in [2.75, 3.05) is 5.32 Å². The highest BCUT2D eigenvalue weighted by Crippen LogP contribution is 2.10. The first-order valence-corrected chi connectivity index (χ1v) is 5.24. The topological polar surface area (TPSA) is 61.6 Å². The monoisotopic (exact) mass is 216 g/mol. The molecule has 0 spiro atoms. The lowest BCUT2D eigenvalue weighted by atomic mass is 10.3. The van der Waals surface area contributed by atoms with Crippen LogP contribution in [0, 0.1) is 11.3 Å². The van der Waals surface area contributed by atoms with Gasteiger partial charge >= 0.3 is 0 Å². The molecule has 1 N–H and O–H groups in total. The van der Waals surface area contributed by atoms with Crippen molar-refractivity contribution in [3.8, 4) is 6.07 Å². The van der Waals surface area contributed by atoms with Crippen molar-refractivity contribution in [2.45, 2.75) is 6.54 Å². The Morgan fingerprint density at radius 2 is 2.33 bits per heavy atom. The third-order valence-corrected chi connectivity index (χ3v) is 2.61. The molecule has 0 aliphatic rings. The Balaban J connectivity index is 1.97. The largest absolute Gasteiger partial charge is 0.379 e. The molecule has 0 unspecified atom stereocenters. The summed E-state index contributed by atoms with van der Waals surface area (Å²) in [5.74, 6) is 0. The molecule has 2 heterocycles. The van der Waals surface area contributed by atoms with E-state index < -0.39 is 0 Å². The van der Waals surface area contributed by atoms with E-state index in [1.165, 1.54) is 4.88 Å². The van der Waals surface area contributed by atoms with E-state index in [-0.39, 0.29) is 0 Å². The number of anilines is 1. The molecule has 74 valence electrons. The van der Waals surface area contributed by atoms with Crippen LogP contribution in [0.3, 0.4) is 0 Å². The van der Waals surface area contributed by atoms with E-state index in [0.717, 1.165) is 12.2 Å². The van der Waals surface area contributed by atoms with Crippen LogP contribution in [0.25, 0.3) is 0 Å². The second-order valence-electron chi connectivity index (χ2n) is 2.87. The minimum Gasteiger partial charge on any atom is -0.379 e. The lowest BCUT2D eigenvalue weighted by Crippen LogP contribution is -1.98. The Morgan fingerprint density at radius 3 is 2.93 bits per heavy atom. The number of nitrogens with zero attached hydrogens (tertiary/aromatic N) is 3. The van der Waals surface area contributed by atoms with Gasteiger partial charge in [-0.15, -0.1) is 11.3 Å². The number of nitriles is 1. The summed E-state index contributed by atoms with van der Waals surface area (Å²) in [5.41, 5.74) is 3.13. The molecule has 2 rings (SSSR count). The van der Waals surface area contributed by atoms with Gasteiger partial charge in [0.15, 0.2) is 0 Å². The Morgan fingerprint density at radius 1 is 1.40 bits per heavy atom. The first-order chi connectivity index (χ1) is 7.38. The fraction of sp³-hybridized carbons (Fsp3) is 0.100. The van der Waals surface area contributed by atoms with Gasteiger partial charge in [-0.3, -0.25) is 4.98 Å². The first kappa shape index (κ1) is 9.62. The van der Waals surface area contributed by atoms with Crippen molar-refractivity contribution >= 4 is 17.0 Å². The predicted molar refractivity (Wildman–Crippen MR) is 58.4 cm³/mol. The van der Waals surface area contributed by atoms with Crippen LogP contribution in [0.2, 0.25) is 0 Å². The van der Waals surface area contributed by atoms with Crippen LogP contribution >= 0.6 is 11.3 Å². The van der Waals surface area contributed by atoms with Crippen LogP contribution in [0.15, 0.2) is 30.0 Å². The van der Waals surface area contributed by atoms with Gasteiger partial charge in [0.05, 0.1) is 23.9 Å². The van der Waals surface area contributed by atoms with E-state index in [9.17, 15) is 0 Å². The highest BCUT2D eigenvalue weighted by Gasteiger charge is 1.96. The summed E-state index contributed by atoms with van der Waals surface area (Å²) in [7, 11) is 0. The van der Waals surface area contributed by atoms with Crippen LogP contribution in [0.4, 0.5) is 5.69 Å². The van der Waals surface area contributed by atoms with Gasteiger partial charge in [0.2, 0.25) is 0 Å². The van der Waals surface area contributed by atoms with E-state index in [0.29, 0.717) is 5.69 Å². The second-order valence-corrected chi connectivity index (χ2v) is 3.84. The fourth-order valence-electron chi connectivity index (χ4n) is 1.08. The molecule has 0 radical (unpaired) electrons. The minimum atomic E-state index is 0.429. The molecular formula is C10H8N4S. The summed E-state index contributed by atoms with van der Waals surface area (Å²) in [6.45, 7) is 0.734. The number of aromatic nitrogens is 2. The molecular weight excluding hydrogens is 208 g/mol. The van der Waals surface area contributed by atoms with Crippen LogP contribution in [-0.2, 0) is 6.54 Å². The van der Waals surface area contributed by atoms with Crippen molar-refractivity contribution in [3.05, 3.63) is 40.6 Å². The molecule has 15 heavy (non-hydrogen) atoms. The highest BCUT2D eigenvalue weighted by atomic mass is 32.1. The van der Waals surface area contributed by atoms with Crippen LogP contribution in [0.1, 0.15) is 10.6 Å². The van der Waals surface area contributed by atoms with Crippen molar-refractivity contribution in [3.63, 3.8) is 0 Å². The lowest BCUT2D eigenvalue weighted by molar-refractivity contribution is 1.15. The summed E-state index contributed by atoms with van der Waals surface area (Å²) >= 11 is 1.60. The van der Waals surface area contributed by atoms with E-state index in [1.807, 2.05) is 18.3 Å². The average Bonchev–Trinajstić information content (AvgIpc) is 2.80. The maximum Gasteiger partial charge on any atom is 0.140 e. The van der Waals surface area contributed by atoms with Crippen LogP contribution in [-0.4, -0.2) is 9.97 Å². The van der Waals surface area contributed by atoms with Crippen molar-refractivity contribution in [1.29, 1.82) is 5.26 Å². The predicted octanol–water partition coefficient (Wildman–Crippen LogP) is 2.02. The molecule has 5 heteroatoms. The zero-order valence-electron chi connectivity index (χ0n) is 7.84. The van der Waals surface area contributed by atoms with Gasteiger partial charge in [-0.25, -0.2) is 4.98 Å². The van der Waals surface area contributed by atoms with Crippen molar-refractivity contribution in [2.24, 2.45) is 0 Å². The van der Waals surface area contributed by atoms with Gasteiger partial charge in [0, 0.05) is 11.1 Å². The lowest BCUT2D eigenvalue weighted by Gasteiger charge is -2.02. The normalized spacial score (nSPS) is 9.53. The molecule has 0 aromatic carbocycles. The number of pyridine rings is 1. The van der Waals surface area contributed by atoms with E-state index in [2.05, 4.69) is 15.3 Å². The summed E-state index contributed by atoms with van der Waals surface area (Å²) < 4.78 is 0. The average molecular weight is 216 g/mol. The minimum absolute atomic E-state index is 0.429. The van der Waals surface area contributed by atoms with Crippen molar-refractivity contribution < 1.29 is 0 Å². The first-order valence-electron chi connectivity index (χ1n) is 4.36. The van der Waals surface area contributed by atoms with E-state index in [4.69, 9.17) is 5.26 Å². The Kier molecular flexibility index (Phi) is 2.90. The molecule has 0 saturated heterocycles. The molecule has 2 aromatic heterocycles. The smallest absolute Gasteiger partial charge is 0.140 e. The standard InChI is InChI=1S/C10H8N4S/c11-3-8-1-2-9(4-13-8)14-6-10-5-12-7-15-10/h1-2,4-5,7,14H,6H2. The maximum atomic E-state index is 8.57. The summed E-state index contributed by atoms with van der Waals surface area (Å²) in [4.78, 5) is 9.11. The summed E-state index contributed by atoms with van der Waals surface area (Å²) in [6.07, 6.45) is 3.48. The molecule has 0 bridgehead atoms. The SMILES string of the molecule is N#Cc1ccc(NCc2cncs2)cn1. The van der Waals surface area contributed by atoms with Gasteiger partial charge in [-0.05, 0) is 12.1 Å². The van der Waals surface area contributed by atoms with Gasteiger partial charge in [0.1, 0.15) is 11.8 Å². The van der Waals surface area contributed by atoms with Crippen molar-refractivity contribution in [1.82, 2.24) is 9.97 Å². The third-order valence-electron chi connectivity index (χ3n) is 1.83. The van der Waals surface area contributed by atoms with Gasteiger partial charge in [-0.2, -0.15) is 5.26 Å². The quantitative estimate of drug-likeness (QED) is 0.852. The maximum absolute atomic E-state index is 8.57. The number of nitrogens with one attached hydrogen (secondary N) is 1. The zero-order chi connectivity index (χ0) is 10.5. The van der Waals surface area contributed by atoms with Crippen LogP contribution in [0.5, 0.6) is 0 Å². The molecule has 2 aromatic rings. The molecule has 0 aliphatic heterocycles. The number of rotatable bonds is 3. The number of thiazole rings is 1. The summed E-state index contributed by atoms with van der Waals surface area (Å²) in [5, 5.41) is 11.8. The Hall–Kier alpha value is -1.93. The number of hydrogen-bond acceptors (Lipinski definition) is 5. The molecule has 0 saturated carbocycles. The highest BCUT2D eigenvalue weighted by molar-refractivity contribution is 7.09. The van der Waals surface area contributed by atoms with E-state index >= 15 is 0 Å². The molecule has 0 atom stereocenters. The molecule has 4 nitrogen and oxygen atoms in total. The Labute approximate surface area is 91.2 Å². The second kappa shape index (κ2) is 4.53. The molecule has 0 amide bonds. The van der Waals surface area contributed by atoms with E-state index in [1.54, 1.807) is 29.1 Å².